The SMILES string of the molecule is COc1ccc([C@H]2CC(=O)Oc3cc4c(c(O)c32)C(=O)O[C@H](C)CCCC(=O)CCCC=C4)cc1O. The fourth-order valence-electron chi connectivity index (χ4n) is 4.73. The molecule has 36 heavy (non-hydrogen) atoms. The van der Waals surface area contributed by atoms with Crippen LogP contribution in [0.15, 0.2) is 30.3 Å². The third-order valence-corrected chi connectivity index (χ3v) is 6.58. The van der Waals surface area contributed by atoms with Gasteiger partial charge in [-0.15, -0.1) is 0 Å². The van der Waals surface area contributed by atoms with Gasteiger partial charge < -0.3 is 24.4 Å². The predicted octanol–water partition coefficient (Wildman–Crippen LogP) is 5.03. The summed E-state index contributed by atoms with van der Waals surface area (Å²) in [5.74, 6) is -1.67. The molecule has 0 fully saturated rings. The van der Waals surface area contributed by atoms with Crippen LogP contribution in [0.25, 0.3) is 6.08 Å². The van der Waals surface area contributed by atoms with Crippen molar-refractivity contribution in [1.82, 2.24) is 0 Å². The molecule has 2 aromatic carbocycles. The van der Waals surface area contributed by atoms with Crippen molar-refractivity contribution in [2.24, 2.45) is 0 Å². The number of aromatic hydroxyl groups is 2. The highest BCUT2D eigenvalue weighted by Gasteiger charge is 2.35. The summed E-state index contributed by atoms with van der Waals surface area (Å²) in [6.45, 7) is 1.75. The van der Waals surface area contributed by atoms with Gasteiger partial charge in [0, 0.05) is 24.3 Å². The third-order valence-electron chi connectivity index (χ3n) is 6.58. The highest BCUT2D eigenvalue weighted by Crippen LogP contribution is 2.48. The lowest BCUT2D eigenvalue weighted by Gasteiger charge is -2.28. The molecule has 8 heteroatoms. The second kappa shape index (κ2) is 10.8. The van der Waals surface area contributed by atoms with Crippen molar-refractivity contribution >= 4 is 23.8 Å². The van der Waals surface area contributed by atoms with E-state index in [2.05, 4.69) is 0 Å². The minimum absolute atomic E-state index is 0.00864. The van der Waals surface area contributed by atoms with Crippen LogP contribution in [0, 0.1) is 0 Å². The smallest absolute Gasteiger partial charge is 0.342 e. The molecule has 0 unspecified atom stereocenters. The molecule has 0 bridgehead atoms. The molecule has 0 amide bonds. The van der Waals surface area contributed by atoms with Crippen molar-refractivity contribution in [3.63, 3.8) is 0 Å². The number of rotatable bonds is 2. The van der Waals surface area contributed by atoms with E-state index >= 15 is 0 Å². The molecule has 0 saturated carbocycles. The topological polar surface area (TPSA) is 119 Å². The Morgan fingerprint density at radius 2 is 1.83 bits per heavy atom. The van der Waals surface area contributed by atoms with E-state index < -0.39 is 24.0 Å². The highest BCUT2D eigenvalue weighted by atomic mass is 16.5. The van der Waals surface area contributed by atoms with Crippen molar-refractivity contribution in [2.45, 2.75) is 63.9 Å². The number of hydrogen-bond acceptors (Lipinski definition) is 8. The molecule has 2 heterocycles. The molecule has 0 aromatic heterocycles. The number of phenols is 2. The van der Waals surface area contributed by atoms with Gasteiger partial charge in [0.2, 0.25) is 0 Å². The Morgan fingerprint density at radius 1 is 1.06 bits per heavy atom. The van der Waals surface area contributed by atoms with Crippen LogP contribution >= 0.6 is 0 Å². The molecular formula is C28H30O8. The average molecular weight is 495 g/mol. The standard InChI is InChI=1S/C28H30O8/c1-16-7-6-10-19(29)9-5-3-4-8-18-14-23-26(27(32)25(18)28(33)35-16)20(15-24(31)36-23)17-11-12-22(34-2)21(30)13-17/h4,8,11-14,16,20,30,32H,3,5-7,9-10,15H2,1-2H3/t16-,20-/m1/s1. The lowest BCUT2D eigenvalue weighted by atomic mass is 9.83. The first kappa shape index (κ1) is 25.3. The van der Waals surface area contributed by atoms with Gasteiger partial charge in [0.15, 0.2) is 11.5 Å². The van der Waals surface area contributed by atoms with Crippen LogP contribution in [0.4, 0.5) is 0 Å². The van der Waals surface area contributed by atoms with Gasteiger partial charge in [0.1, 0.15) is 22.8 Å². The average Bonchev–Trinajstić information content (AvgIpc) is 2.82. The summed E-state index contributed by atoms with van der Waals surface area (Å²) in [5, 5.41) is 21.7. The first-order valence-corrected chi connectivity index (χ1v) is 12.1. The van der Waals surface area contributed by atoms with Gasteiger partial charge in [0.05, 0.1) is 19.6 Å². The van der Waals surface area contributed by atoms with Gasteiger partial charge in [-0.3, -0.25) is 9.59 Å². The van der Waals surface area contributed by atoms with Crippen LogP contribution in [-0.4, -0.2) is 41.1 Å². The summed E-state index contributed by atoms with van der Waals surface area (Å²) in [6, 6.07) is 6.29. The first-order chi connectivity index (χ1) is 17.3. The minimum atomic E-state index is -0.695. The molecule has 0 aliphatic carbocycles. The number of cyclic esters (lactones) is 1. The molecule has 2 aliphatic rings. The van der Waals surface area contributed by atoms with E-state index in [-0.39, 0.29) is 46.3 Å². The van der Waals surface area contributed by atoms with Crippen molar-refractivity contribution in [3.8, 4) is 23.0 Å². The molecule has 8 nitrogen and oxygen atoms in total. The zero-order valence-corrected chi connectivity index (χ0v) is 20.4. The van der Waals surface area contributed by atoms with Gasteiger partial charge in [-0.2, -0.15) is 0 Å². The van der Waals surface area contributed by atoms with Crippen LogP contribution in [0.1, 0.15) is 84.8 Å². The Morgan fingerprint density at radius 3 is 2.58 bits per heavy atom. The molecule has 4 rings (SSSR count). The van der Waals surface area contributed by atoms with Gasteiger partial charge >= 0.3 is 11.9 Å². The third kappa shape index (κ3) is 5.37. The number of ether oxygens (including phenoxy) is 3. The van der Waals surface area contributed by atoms with E-state index in [9.17, 15) is 24.6 Å². The number of allylic oxidation sites excluding steroid dienone is 1. The predicted molar refractivity (Wildman–Crippen MR) is 131 cm³/mol. The first-order valence-electron chi connectivity index (χ1n) is 12.1. The zero-order chi connectivity index (χ0) is 25.8. The highest BCUT2D eigenvalue weighted by molar-refractivity contribution is 5.98. The number of phenolic OH excluding ortho intramolecular Hbond substituents is 2. The Hall–Kier alpha value is -3.81. The van der Waals surface area contributed by atoms with E-state index in [1.165, 1.54) is 13.2 Å². The Labute approximate surface area is 209 Å². The lowest BCUT2D eigenvalue weighted by molar-refractivity contribution is -0.135. The Balaban J connectivity index is 1.81. The second-order valence-corrected chi connectivity index (χ2v) is 9.20. The Bertz CT molecular complexity index is 1210. The second-order valence-electron chi connectivity index (χ2n) is 9.20. The molecule has 0 radical (unpaired) electrons. The number of methoxy groups -OCH3 is 1. The van der Waals surface area contributed by atoms with Crippen LogP contribution in [0.5, 0.6) is 23.0 Å². The van der Waals surface area contributed by atoms with Crippen LogP contribution in [0.3, 0.4) is 0 Å². The van der Waals surface area contributed by atoms with Crippen molar-refractivity contribution in [1.29, 1.82) is 0 Å². The van der Waals surface area contributed by atoms with E-state index in [0.717, 1.165) is 0 Å². The van der Waals surface area contributed by atoms with Gasteiger partial charge in [-0.1, -0.05) is 18.2 Å². The summed E-state index contributed by atoms with van der Waals surface area (Å²) < 4.78 is 16.2. The summed E-state index contributed by atoms with van der Waals surface area (Å²) in [5.41, 5.74) is 1.19. The van der Waals surface area contributed by atoms with Crippen molar-refractivity contribution < 1.29 is 38.8 Å². The lowest BCUT2D eigenvalue weighted by Crippen LogP contribution is -2.23. The molecule has 2 aromatic rings. The van der Waals surface area contributed by atoms with E-state index in [1.807, 2.05) is 6.08 Å². The fourth-order valence-corrected chi connectivity index (χ4v) is 4.73. The number of Topliss-reactive ketones (excluding diaryl/α,β-unsaturated/α-hetero) is 1. The summed E-state index contributed by atoms with van der Waals surface area (Å²) in [7, 11) is 1.43. The van der Waals surface area contributed by atoms with Gasteiger partial charge in [-0.05, 0) is 61.9 Å². The van der Waals surface area contributed by atoms with Crippen LogP contribution in [0.2, 0.25) is 0 Å². The van der Waals surface area contributed by atoms with Gasteiger partial charge in [0.25, 0.3) is 0 Å². The number of ketones is 1. The fraction of sp³-hybridized carbons (Fsp3) is 0.393. The molecule has 2 atom stereocenters. The number of fused-ring (bicyclic) bond motifs is 2. The maximum atomic E-state index is 13.3. The quantitative estimate of drug-likeness (QED) is 0.441. The minimum Gasteiger partial charge on any atom is -0.507 e. The number of hydrogen-bond donors (Lipinski definition) is 2. The molecular weight excluding hydrogens is 464 g/mol. The summed E-state index contributed by atoms with van der Waals surface area (Å²) in [4.78, 5) is 37.8. The Kier molecular flexibility index (Phi) is 7.62. The van der Waals surface area contributed by atoms with E-state index in [1.54, 1.807) is 31.2 Å². The van der Waals surface area contributed by atoms with Gasteiger partial charge in [-0.25, -0.2) is 4.79 Å². The number of carbonyl (C=O) groups is 3. The monoisotopic (exact) mass is 494 g/mol. The number of benzene rings is 2. The normalized spacial score (nSPS) is 21.0. The largest absolute Gasteiger partial charge is 0.507 e. The van der Waals surface area contributed by atoms with Crippen molar-refractivity contribution in [3.05, 3.63) is 52.6 Å². The molecule has 0 saturated heterocycles. The van der Waals surface area contributed by atoms with E-state index in [4.69, 9.17) is 14.2 Å². The number of carbonyl (C=O) groups excluding carboxylic acids is 3. The van der Waals surface area contributed by atoms with Crippen LogP contribution in [-0.2, 0) is 14.3 Å². The maximum Gasteiger partial charge on any atom is 0.342 e. The summed E-state index contributed by atoms with van der Waals surface area (Å²) in [6.07, 6.45) is 6.33. The summed E-state index contributed by atoms with van der Waals surface area (Å²) >= 11 is 0. The molecule has 2 N–H and O–H groups in total. The maximum absolute atomic E-state index is 13.3. The van der Waals surface area contributed by atoms with E-state index in [0.29, 0.717) is 49.7 Å². The molecule has 0 spiro atoms. The van der Waals surface area contributed by atoms with Crippen molar-refractivity contribution in [2.75, 3.05) is 7.11 Å². The molecule has 2 aliphatic heterocycles. The molecule has 190 valence electrons. The zero-order valence-electron chi connectivity index (χ0n) is 20.4. The van der Waals surface area contributed by atoms with Crippen LogP contribution < -0.4 is 9.47 Å². The number of esters is 2.